The van der Waals surface area contributed by atoms with Crippen LogP contribution in [0.5, 0.6) is 11.5 Å². The summed E-state index contributed by atoms with van der Waals surface area (Å²) in [5.41, 5.74) is 2.99. The van der Waals surface area contributed by atoms with Crippen LogP contribution in [-0.2, 0) is 24.2 Å². The van der Waals surface area contributed by atoms with Crippen molar-refractivity contribution in [3.8, 4) is 11.5 Å². The van der Waals surface area contributed by atoms with E-state index in [-0.39, 0.29) is 0 Å². The summed E-state index contributed by atoms with van der Waals surface area (Å²) in [5.74, 6) is 3.57. The van der Waals surface area contributed by atoms with Gasteiger partial charge in [-0.3, -0.25) is 9.67 Å². The van der Waals surface area contributed by atoms with Crippen LogP contribution in [0, 0.1) is 0 Å². The molecule has 1 atom stereocenters. The lowest BCUT2D eigenvalue weighted by Crippen LogP contribution is -2.34. The largest absolute Gasteiger partial charge is 0.453 e. The molecular weight excluding hydrogens is 485 g/mol. The number of alkyl halides is 1. The molecule has 5 heterocycles. The molecular formula is C28H32FN7O2. The number of pyridine rings is 1. The minimum atomic E-state index is -0.930. The minimum absolute atomic E-state index is 0.297. The van der Waals surface area contributed by atoms with Gasteiger partial charge >= 0.3 is 0 Å². The maximum Gasteiger partial charge on any atom is 0.168 e. The zero-order valence-electron chi connectivity index (χ0n) is 21.6. The summed E-state index contributed by atoms with van der Waals surface area (Å²) < 4.78 is 29.8. The Balaban J connectivity index is 1.15. The highest BCUT2D eigenvalue weighted by molar-refractivity contribution is 5.88. The Hall–Kier alpha value is -3.53. The first-order valence-corrected chi connectivity index (χ1v) is 13.7. The molecule has 0 radical (unpaired) electrons. The summed E-state index contributed by atoms with van der Waals surface area (Å²) in [4.78, 5) is 6.93. The Morgan fingerprint density at radius 1 is 1.08 bits per heavy atom. The predicted molar refractivity (Wildman–Crippen MR) is 140 cm³/mol. The van der Waals surface area contributed by atoms with Crippen molar-refractivity contribution in [1.29, 1.82) is 0 Å². The molecule has 0 amide bonds. The Morgan fingerprint density at radius 2 is 1.95 bits per heavy atom. The fourth-order valence-corrected chi connectivity index (χ4v) is 5.60. The number of hydrogen-bond donors (Lipinski definition) is 0. The molecule has 0 bridgehead atoms. The maximum absolute atomic E-state index is 13.5. The highest BCUT2D eigenvalue weighted by Gasteiger charge is 2.30. The van der Waals surface area contributed by atoms with E-state index in [0.29, 0.717) is 24.9 Å². The third-order valence-electron chi connectivity index (χ3n) is 7.82. The number of nitrogens with zero attached hydrogens (tertiary/aromatic N) is 7. The monoisotopic (exact) mass is 517 g/mol. The molecule has 3 aromatic heterocycles. The van der Waals surface area contributed by atoms with Gasteiger partial charge in [-0.1, -0.05) is 0 Å². The molecule has 198 valence electrons. The second-order valence-corrected chi connectivity index (χ2v) is 10.7. The number of anilines is 1. The van der Waals surface area contributed by atoms with Crippen LogP contribution in [0.4, 0.5) is 10.1 Å². The lowest BCUT2D eigenvalue weighted by atomic mass is 9.96. The van der Waals surface area contributed by atoms with Crippen LogP contribution in [0.2, 0.25) is 0 Å². The van der Waals surface area contributed by atoms with Crippen LogP contribution in [0.3, 0.4) is 0 Å². The standard InChI is InChI=1S/C28H32FN7O2/c1-18(29)14-26-31-32-27-17-34(10-11-35(26)27)21-4-5-22-23(15-21)30-9-6-24(22)38-25-16-36(20-2-3-20)33-28(25)19-7-12-37-13-8-19/h4-6,9,15-16,18-20H,2-3,7-8,10-14,17H2,1H3. The first-order valence-electron chi connectivity index (χ1n) is 13.7. The Bertz CT molecular complexity index is 1450. The van der Waals surface area contributed by atoms with Gasteiger partial charge in [-0.05, 0) is 56.9 Å². The van der Waals surface area contributed by atoms with Gasteiger partial charge in [0.2, 0.25) is 0 Å². The second kappa shape index (κ2) is 9.65. The molecule has 1 saturated carbocycles. The topological polar surface area (TPSA) is 83.1 Å². The van der Waals surface area contributed by atoms with Crippen LogP contribution < -0.4 is 9.64 Å². The van der Waals surface area contributed by atoms with Gasteiger partial charge in [-0.25, -0.2) is 4.39 Å². The Morgan fingerprint density at radius 3 is 2.76 bits per heavy atom. The van der Waals surface area contributed by atoms with Gasteiger partial charge in [-0.2, -0.15) is 5.10 Å². The summed E-state index contributed by atoms with van der Waals surface area (Å²) >= 11 is 0. The molecule has 38 heavy (non-hydrogen) atoms. The van der Waals surface area contributed by atoms with E-state index in [2.05, 4.69) is 53.7 Å². The molecule has 2 fully saturated rings. The van der Waals surface area contributed by atoms with Crippen LogP contribution >= 0.6 is 0 Å². The molecule has 1 unspecified atom stereocenters. The first kappa shape index (κ1) is 23.6. The van der Waals surface area contributed by atoms with Crippen LogP contribution in [-0.4, -0.2) is 55.5 Å². The normalized spacial score (nSPS) is 19.1. The fraction of sp³-hybridized carbons (Fsp3) is 0.500. The molecule has 1 saturated heterocycles. The number of aromatic nitrogens is 6. The van der Waals surface area contributed by atoms with Gasteiger partial charge in [0.25, 0.3) is 0 Å². The van der Waals surface area contributed by atoms with Crippen molar-refractivity contribution in [3.63, 3.8) is 0 Å². The van der Waals surface area contributed by atoms with Crippen molar-refractivity contribution < 1.29 is 13.9 Å². The van der Waals surface area contributed by atoms with Crippen molar-refractivity contribution in [2.75, 3.05) is 24.7 Å². The summed E-state index contributed by atoms with van der Waals surface area (Å²) in [7, 11) is 0. The van der Waals surface area contributed by atoms with E-state index in [1.807, 2.05) is 6.07 Å². The average Bonchev–Trinajstić information content (AvgIpc) is 3.60. The number of rotatable bonds is 7. The van der Waals surface area contributed by atoms with E-state index in [0.717, 1.165) is 84.6 Å². The molecule has 0 N–H and O–H groups in total. The quantitative estimate of drug-likeness (QED) is 0.342. The van der Waals surface area contributed by atoms with Crippen molar-refractivity contribution in [1.82, 2.24) is 29.5 Å². The summed E-state index contributed by atoms with van der Waals surface area (Å²) in [6.45, 7) is 5.26. The lowest BCUT2D eigenvalue weighted by Gasteiger charge is -2.30. The van der Waals surface area contributed by atoms with Gasteiger partial charge in [0, 0.05) is 55.9 Å². The number of fused-ring (bicyclic) bond motifs is 2. The number of hydrogen-bond acceptors (Lipinski definition) is 7. The Labute approximate surface area is 220 Å². The fourth-order valence-electron chi connectivity index (χ4n) is 5.60. The third-order valence-corrected chi connectivity index (χ3v) is 7.82. The van der Waals surface area contributed by atoms with Crippen LogP contribution in [0.25, 0.3) is 10.9 Å². The van der Waals surface area contributed by atoms with Crippen molar-refractivity contribution in [2.24, 2.45) is 0 Å². The van der Waals surface area contributed by atoms with Crippen LogP contribution in [0.15, 0.2) is 36.7 Å². The van der Waals surface area contributed by atoms with Crippen molar-refractivity contribution >= 4 is 16.6 Å². The van der Waals surface area contributed by atoms with Gasteiger partial charge in [0.1, 0.15) is 23.4 Å². The van der Waals surface area contributed by atoms with E-state index >= 15 is 0 Å². The molecule has 10 heteroatoms. The van der Waals surface area contributed by atoms with Crippen molar-refractivity contribution in [2.45, 2.75) is 70.2 Å². The van der Waals surface area contributed by atoms with Gasteiger partial charge in [0.15, 0.2) is 11.6 Å². The summed E-state index contributed by atoms with van der Waals surface area (Å²) in [6, 6.07) is 8.73. The van der Waals surface area contributed by atoms with Crippen LogP contribution in [0.1, 0.15) is 61.9 Å². The second-order valence-electron chi connectivity index (χ2n) is 10.7. The van der Waals surface area contributed by atoms with Gasteiger partial charge in [-0.15, -0.1) is 10.2 Å². The van der Waals surface area contributed by atoms with E-state index in [4.69, 9.17) is 14.6 Å². The van der Waals surface area contributed by atoms with Gasteiger partial charge in [0.05, 0.1) is 24.3 Å². The van der Waals surface area contributed by atoms with E-state index in [1.165, 1.54) is 12.8 Å². The molecule has 4 aromatic rings. The summed E-state index contributed by atoms with van der Waals surface area (Å²) in [6.07, 6.45) is 7.54. The molecule has 0 spiro atoms. The third kappa shape index (κ3) is 4.51. The van der Waals surface area contributed by atoms with E-state index in [9.17, 15) is 4.39 Å². The molecule has 9 nitrogen and oxygen atoms in total. The van der Waals surface area contributed by atoms with Gasteiger partial charge < -0.3 is 18.9 Å². The number of ether oxygens (including phenoxy) is 2. The minimum Gasteiger partial charge on any atom is -0.453 e. The van der Waals surface area contributed by atoms with Crippen molar-refractivity contribution in [3.05, 3.63) is 54.0 Å². The molecule has 1 aromatic carbocycles. The summed E-state index contributed by atoms with van der Waals surface area (Å²) in [5, 5.41) is 14.5. The maximum atomic E-state index is 13.5. The highest BCUT2D eigenvalue weighted by atomic mass is 19.1. The molecule has 3 aliphatic rings. The number of benzene rings is 1. The first-order chi connectivity index (χ1) is 18.6. The average molecular weight is 518 g/mol. The zero-order chi connectivity index (χ0) is 25.6. The lowest BCUT2D eigenvalue weighted by molar-refractivity contribution is 0.0839. The smallest absolute Gasteiger partial charge is 0.168 e. The van der Waals surface area contributed by atoms with E-state index < -0.39 is 6.17 Å². The number of halogens is 1. The van der Waals surface area contributed by atoms with E-state index in [1.54, 1.807) is 13.1 Å². The highest BCUT2D eigenvalue weighted by Crippen LogP contribution is 2.41. The molecule has 2 aliphatic heterocycles. The molecule has 1 aliphatic carbocycles. The predicted octanol–water partition coefficient (Wildman–Crippen LogP) is 4.96. The molecule has 7 rings (SSSR count). The zero-order valence-corrected chi connectivity index (χ0v) is 21.6. The SMILES string of the molecule is CC(F)Cc1nnc2n1CCN(c1ccc3c(Oc4cn(C5CC5)nc4C4CCOCC4)ccnc3c1)C2. The Kier molecular flexibility index (Phi) is 5.99.